The van der Waals surface area contributed by atoms with Gasteiger partial charge in [0.1, 0.15) is 21.9 Å². The molecule has 122 valence electrons. The van der Waals surface area contributed by atoms with Gasteiger partial charge in [-0.1, -0.05) is 0 Å². The Labute approximate surface area is 130 Å². The largest absolute Gasteiger partial charge is 0.497 e. The first-order valence-corrected chi connectivity index (χ1v) is 7.96. The van der Waals surface area contributed by atoms with Gasteiger partial charge in [0.25, 0.3) is 0 Å². The van der Waals surface area contributed by atoms with Crippen LogP contribution < -0.4 is 14.2 Å². The standard InChI is InChI=1S/C14H20N2O5S/c1-14(10-15,7-8-19-2)16-22(17,18)13-9-11(20-3)5-6-12(13)21-4/h5-6,9,16H,7-8H2,1-4H3/t14-/m0/s1. The van der Waals surface area contributed by atoms with E-state index in [0.717, 1.165) is 0 Å². The summed E-state index contributed by atoms with van der Waals surface area (Å²) in [5.74, 6) is 0.539. The van der Waals surface area contributed by atoms with Crippen LogP contribution in [0.5, 0.6) is 11.5 Å². The van der Waals surface area contributed by atoms with E-state index in [2.05, 4.69) is 4.72 Å². The van der Waals surface area contributed by atoms with Gasteiger partial charge in [-0.25, -0.2) is 8.42 Å². The molecule has 0 bridgehead atoms. The van der Waals surface area contributed by atoms with Crippen LogP contribution in [0.25, 0.3) is 0 Å². The summed E-state index contributed by atoms with van der Waals surface area (Å²) in [4.78, 5) is -0.0896. The van der Waals surface area contributed by atoms with Gasteiger partial charge in [-0.05, 0) is 19.1 Å². The van der Waals surface area contributed by atoms with Crippen molar-refractivity contribution in [2.75, 3.05) is 27.9 Å². The third kappa shape index (κ3) is 4.34. The van der Waals surface area contributed by atoms with E-state index in [-0.39, 0.29) is 23.7 Å². The number of nitrogens with zero attached hydrogens (tertiary/aromatic N) is 1. The normalized spacial score (nSPS) is 14.0. The van der Waals surface area contributed by atoms with E-state index in [1.54, 1.807) is 6.07 Å². The summed E-state index contributed by atoms with van der Waals surface area (Å²) in [6.07, 6.45) is 0.214. The van der Waals surface area contributed by atoms with Crippen LogP contribution in [0.3, 0.4) is 0 Å². The Hall–Kier alpha value is -1.82. The molecule has 0 saturated heterocycles. The maximum absolute atomic E-state index is 12.6. The van der Waals surface area contributed by atoms with E-state index >= 15 is 0 Å². The summed E-state index contributed by atoms with van der Waals surface area (Å²) in [5, 5.41) is 9.26. The highest BCUT2D eigenvalue weighted by Crippen LogP contribution is 2.29. The number of sulfonamides is 1. The van der Waals surface area contributed by atoms with Crippen molar-refractivity contribution in [1.29, 1.82) is 5.26 Å². The van der Waals surface area contributed by atoms with Crippen molar-refractivity contribution in [2.45, 2.75) is 23.8 Å². The number of ether oxygens (including phenoxy) is 3. The summed E-state index contributed by atoms with van der Waals surface area (Å²) in [5.41, 5.74) is -1.29. The molecule has 1 rings (SSSR count). The Bertz CT molecular complexity index is 654. The van der Waals surface area contributed by atoms with Gasteiger partial charge in [0.05, 0.1) is 20.3 Å². The molecule has 1 aromatic rings. The second-order valence-corrected chi connectivity index (χ2v) is 6.46. The number of hydrogen-bond donors (Lipinski definition) is 1. The van der Waals surface area contributed by atoms with Crippen molar-refractivity contribution in [2.24, 2.45) is 0 Å². The molecule has 1 N–H and O–H groups in total. The molecular formula is C14H20N2O5S. The highest BCUT2D eigenvalue weighted by atomic mass is 32.2. The lowest BCUT2D eigenvalue weighted by molar-refractivity contribution is 0.179. The molecule has 0 radical (unpaired) electrons. The molecule has 8 heteroatoms. The number of hydrogen-bond acceptors (Lipinski definition) is 6. The summed E-state index contributed by atoms with van der Waals surface area (Å²) in [6.45, 7) is 1.75. The lowest BCUT2D eigenvalue weighted by Crippen LogP contribution is -2.45. The number of methoxy groups -OCH3 is 3. The lowest BCUT2D eigenvalue weighted by atomic mass is 10.0. The predicted octanol–water partition coefficient (Wildman–Crippen LogP) is 1.30. The van der Waals surface area contributed by atoms with Crippen LogP contribution in [0.4, 0.5) is 0 Å². The predicted molar refractivity (Wildman–Crippen MR) is 80.4 cm³/mol. The van der Waals surface area contributed by atoms with Crippen LogP contribution in [0.1, 0.15) is 13.3 Å². The molecule has 0 aromatic heterocycles. The maximum Gasteiger partial charge on any atom is 0.245 e. The second-order valence-electron chi connectivity index (χ2n) is 4.81. The van der Waals surface area contributed by atoms with E-state index in [1.165, 1.54) is 40.4 Å². The number of benzene rings is 1. The molecular weight excluding hydrogens is 308 g/mol. The molecule has 0 aliphatic heterocycles. The fourth-order valence-corrected chi connectivity index (χ4v) is 3.32. The molecule has 7 nitrogen and oxygen atoms in total. The molecule has 0 fully saturated rings. The van der Waals surface area contributed by atoms with Crippen molar-refractivity contribution in [3.05, 3.63) is 18.2 Å². The van der Waals surface area contributed by atoms with Crippen molar-refractivity contribution in [3.8, 4) is 17.6 Å². The zero-order chi connectivity index (χ0) is 16.8. The monoisotopic (exact) mass is 328 g/mol. The molecule has 0 amide bonds. The van der Waals surface area contributed by atoms with Gasteiger partial charge in [-0.3, -0.25) is 0 Å². The first-order valence-electron chi connectivity index (χ1n) is 6.48. The lowest BCUT2D eigenvalue weighted by Gasteiger charge is -2.23. The minimum absolute atomic E-state index is 0.0896. The van der Waals surface area contributed by atoms with Crippen molar-refractivity contribution in [3.63, 3.8) is 0 Å². The topological polar surface area (TPSA) is 97.7 Å². The van der Waals surface area contributed by atoms with Gasteiger partial charge < -0.3 is 14.2 Å². The molecule has 0 aliphatic carbocycles. The van der Waals surface area contributed by atoms with E-state index in [0.29, 0.717) is 5.75 Å². The molecule has 0 unspecified atom stereocenters. The maximum atomic E-state index is 12.6. The third-order valence-corrected chi connectivity index (χ3v) is 4.69. The van der Waals surface area contributed by atoms with Crippen LogP contribution in [0.15, 0.2) is 23.1 Å². The van der Waals surface area contributed by atoms with Crippen LogP contribution in [-0.2, 0) is 14.8 Å². The van der Waals surface area contributed by atoms with E-state index < -0.39 is 15.6 Å². The van der Waals surface area contributed by atoms with Crippen LogP contribution >= 0.6 is 0 Å². The minimum atomic E-state index is -3.97. The zero-order valence-corrected chi connectivity index (χ0v) is 13.9. The molecule has 0 spiro atoms. The summed E-state index contributed by atoms with van der Waals surface area (Å²) >= 11 is 0. The van der Waals surface area contributed by atoms with Gasteiger partial charge in [0, 0.05) is 26.2 Å². The molecule has 0 saturated carbocycles. The fraction of sp³-hybridized carbons (Fsp3) is 0.500. The Morgan fingerprint density at radius 1 is 1.27 bits per heavy atom. The number of rotatable bonds is 8. The quantitative estimate of drug-likeness (QED) is 0.772. The molecule has 1 atom stereocenters. The van der Waals surface area contributed by atoms with Gasteiger partial charge in [-0.2, -0.15) is 9.98 Å². The van der Waals surface area contributed by atoms with Crippen LogP contribution in [-0.4, -0.2) is 41.9 Å². The van der Waals surface area contributed by atoms with Crippen molar-refractivity contribution in [1.82, 2.24) is 4.72 Å². The van der Waals surface area contributed by atoms with E-state index in [4.69, 9.17) is 14.2 Å². The highest BCUT2D eigenvalue weighted by Gasteiger charge is 2.32. The van der Waals surface area contributed by atoms with Gasteiger partial charge in [0.2, 0.25) is 10.0 Å². The fourth-order valence-electron chi connectivity index (χ4n) is 1.78. The van der Waals surface area contributed by atoms with Crippen LogP contribution in [0.2, 0.25) is 0 Å². The first kappa shape index (κ1) is 18.2. The molecule has 0 aliphatic rings. The average Bonchev–Trinajstić information content (AvgIpc) is 2.51. The van der Waals surface area contributed by atoms with E-state index in [9.17, 15) is 13.7 Å². The summed E-state index contributed by atoms with van der Waals surface area (Å²) in [7, 11) is 0.319. The molecule has 0 heterocycles. The second kappa shape index (κ2) is 7.45. The Morgan fingerprint density at radius 3 is 2.45 bits per heavy atom. The average molecular weight is 328 g/mol. The Morgan fingerprint density at radius 2 is 1.95 bits per heavy atom. The molecule has 1 aromatic carbocycles. The van der Waals surface area contributed by atoms with Crippen molar-refractivity contribution >= 4 is 10.0 Å². The Balaban J connectivity index is 3.21. The third-order valence-electron chi connectivity index (χ3n) is 3.07. The van der Waals surface area contributed by atoms with Crippen LogP contribution in [0, 0.1) is 11.3 Å². The number of nitrogens with one attached hydrogen (secondary N) is 1. The van der Waals surface area contributed by atoms with Gasteiger partial charge >= 0.3 is 0 Å². The summed E-state index contributed by atoms with van der Waals surface area (Å²) < 4.78 is 42.6. The minimum Gasteiger partial charge on any atom is -0.497 e. The first-order chi connectivity index (χ1) is 10.3. The summed E-state index contributed by atoms with van der Waals surface area (Å²) in [6, 6.07) is 6.39. The van der Waals surface area contributed by atoms with Gasteiger partial charge in [0.15, 0.2) is 0 Å². The SMILES string of the molecule is COCC[C@@](C)(C#N)NS(=O)(=O)c1cc(OC)ccc1OC. The Kier molecular flexibility index (Phi) is 6.17. The van der Waals surface area contributed by atoms with E-state index in [1.807, 2.05) is 6.07 Å². The highest BCUT2D eigenvalue weighted by molar-refractivity contribution is 7.89. The molecule has 22 heavy (non-hydrogen) atoms. The van der Waals surface area contributed by atoms with Crippen molar-refractivity contribution < 1.29 is 22.6 Å². The van der Waals surface area contributed by atoms with Gasteiger partial charge in [-0.15, -0.1) is 0 Å². The number of nitriles is 1. The smallest absolute Gasteiger partial charge is 0.245 e. The zero-order valence-electron chi connectivity index (χ0n) is 13.0.